The zero-order chi connectivity index (χ0) is 33.9. The Morgan fingerprint density at radius 1 is 0.957 bits per heavy atom. The number of thioether (sulfide) groups is 1. The summed E-state index contributed by atoms with van der Waals surface area (Å²) in [6.07, 6.45) is 6.57. The number of aromatic nitrogens is 2. The van der Waals surface area contributed by atoms with Crippen molar-refractivity contribution in [2.75, 3.05) is 49.0 Å². The number of pyridine rings is 2. The molecule has 2 aromatic heterocycles. The van der Waals surface area contributed by atoms with Crippen molar-refractivity contribution in [3.63, 3.8) is 0 Å². The number of morpholine rings is 1. The maximum Gasteiger partial charge on any atom is 0.176 e. The van der Waals surface area contributed by atoms with Crippen LogP contribution in [0, 0.1) is 32.4 Å². The summed E-state index contributed by atoms with van der Waals surface area (Å²) in [5, 5.41) is 3.37. The van der Waals surface area contributed by atoms with Gasteiger partial charge in [0.05, 0.1) is 64.2 Å². The molecule has 47 heavy (non-hydrogen) atoms. The summed E-state index contributed by atoms with van der Waals surface area (Å²) in [7, 11) is -3.61. The topological polar surface area (TPSA) is 84.4 Å². The molecule has 1 aliphatic rings. The number of halogens is 3. The van der Waals surface area contributed by atoms with Gasteiger partial charge in [-0.1, -0.05) is 17.7 Å². The first-order valence-electron chi connectivity index (χ1n) is 14.8. The molecule has 0 unspecified atom stereocenters. The Kier molecular flexibility index (Phi) is 10.8. The number of benzene rings is 3. The van der Waals surface area contributed by atoms with Gasteiger partial charge in [-0.15, -0.1) is 11.8 Å². The highest BCUT2D eigenvalue weighted by molar-refractivity contribution is 9.10. The van der Waals surface area contributed by atoms with Crippen molar-refractivity contribution in [1.82, 2.24) is 9.97 Å². The fraction of sp³-hybridized carbons (Fsp3) is 0.257. The lowest BCUT2D eigenvalue weighted by molar-refractivity contribution is 0.122. The zero-order valence-corrected chi connectivity index (χ0v) is 29.9. The summed E-state index contributed by atoms with van der Waals surface area (Å²) >= 11 is 5.24. The Balaban J connectivity index is 0.000000371. The normalized spacial score (nSPS) is 13.3. The van der Waals surface area contributed by atoms with E-state index in [-0.39, 0.29) is 15.8 Å². The first-order valence-corrected chi connectivity index (χ1v) is 18.7. The lowest BCUT2D eigenvalue weighted by atomic mass is 10.00. The van der Waals surface area contributed by atoms with Gasteiger partial charge in [0.25, 0.3) is 0 Å². The van der Waals surface area contributed by atoms with Gasteiger partial charge >= 0.3 is 0 Å². The van der Waals surface area contributed by atoms with Crippen LogP contribution in [0.4, 0.5) is 25.8 Å². The minimum absolute atomic E-state index is 0.0684. The van der Waals surface area contributed by atoms with Gasteiger partial charge in [0.15, 0.2) is 9.84 Å². The first kappa shape index (κ1) is 34.7. The highest BCUT2D eigenvalue weighted by Crippen LogP contribution is 2.39. The predicted octanol–water partition coefficient (Wildman–Crippen LogP) is 8.65. The van der Waals surface area contributed by atoms with E-state index in [0.717, 1.165) is 42.7 Å². The lowest BCUT2D eigenvalue weighted by Crippen LogP contribution is -2.36. The van der Waals surface area contributed by atoms with Crippen LogP contribution in [0.1, 0.15) is 16.7 Å². The molecule has 3 heterocycles. The van der Waals surface area contributed by atoms with Crippen LogP contribution in [-0.4, -0.2) is 57.2 Å². The molecule has 1 aliphatic heterocycles. The average Bonchev–Trinajstić information content (AvgIpc) is 3.02. The molecule has 0 bridgehead atoms. The highest BCUT2D eigenvalue weighted by atomic mass is 79.9. The van der Waals surface area contributed by atoms with Crippen molar-refractivity contribution in [2.24, 2.45) is 0 Å². The average molecular weight is 742 g/mol. The van der Waals surface area contributed by atoms with E-state index in [4.69, 9.17) is 4.74 Å². The third-order valence-corrected chi connectivity index (χ3v) is 10.6. The maximum absolute atomic E-state index is 15.2. The van der Waals surface area contributed by atoms with Crippen molar-refractivity contribution in [1.29, 1.82) is 0 Å². The molecule has 0 atom stereocenters. The van der Waals surface area contributed by atoms with Gasteiger partial charge in [0.1, 0.15) is 11.6 Å². The van der Waals surface area contributed by atoms with Crippen LogP contribution in [0.25, 0.3) is 22.2 Å². The van der Waals surface area contributed by atoms with E-state index in [2.05, 4.69) is 67.5 Å². The van der Waals surface area contributed by atoms with Crippen molar-refractivity contribution in [2.45, 2.75) is 30.6 Å². The molecule has 1 fully saturated rings. The number of sulfone groups is 1. The Morgan fingerprint density at radius 2 is 1.66 bits per heavy atom. The fourth-order valence-electron chi connectivity index (χ4n) is 5.38. The summed E-state index contributed by atoms with van der Waals surface area (Å²) in [5.41, 5.74) is 5.24. The smallest absolute Gasteiger partial charge is 0.176 e. The first-order chi connectivity index (χ1) is 22.3. The number of hydrogen-bond donors (Lipinski definition) is 1. The number of rotatable bonds is 6. The van der Waals surface area contributed by atoms with Crippen molar-refractivity contribution in [3.05, 3.63) is 99.8 Å². The monoisotopic (exact) mass is 740 g/mol. The number of hydrogen-bond acceptors (Lipinski definition) is 8. The number of nitrogens with one attached hydrogen (secondary N) is 1. The Bertz CT molecular complexity index is 2060. The summed E-state index contributed by atoms with van der Waals surface area (Å²) in [4.78, 5) is 12.4. The molecule has 1 N–H and O–H groups in total. The number of anilines is 3. The van der Waals surface area contributed by atoms with Crippen LogP contribution in [-0.2, 0) is 14.6 Å². The fourth-order valence-corrected chi connectivity index (χ4v) is 7.69. The quantitative estimate of drug-likeness (QED) is 0.173. The molecule has 0 amide bonds. The summed E-state index contributed by atoms with van der Waals surface area (Å²) < 4.78 is 61.3. The van der Waals surface area contributed by atoms with Crippen LogP contribution in [0.15, 0.2) is 81.3 Å². The molecule has 0 radical (unpaired) electrons. The molecule has 0 spiro atoms. The van der Waals surface area contributed by atoms with Crippen molar-refractivity contribution < 1.29 is 21.9 Å². The molecular weight excluding hydrogens is 706 g/mol. The van der Waals surface area contributed by atoms with Gasteiger partial charge in [-0.25, -0.2) is 22.2 Å². The van der Waals surface area contributed by atoms with Gasteiger partial charge in [-0.05, 0) is 84.4 Å². The van der Waals surface area contributed by atoms with E-state index in [9.17, 15) is 12.8 Å². The number of ether oxygens (including phenoxy) is 1. The van der Waals surface area contributed by atoms with E-state index in [1.165, 1.54) is 21.0 Å². The molecule has 1 saturated heterocycles. The summed E-state index contributed by atoms with van der Waals surface area (Å²) in [5.74, 6) is -1.55. The van der Waals surface area contributed by atoms with Gasteiger partial charge in [-0.3, -0.25) is 4.98 Å². The molecule has 7 nitrogen and oxygen atoms in total. The van der Waals surface area contributed by atoms with Gasteiger partial charge in [-0.2, -0.15) is 0 Å². The molecule has 6 rings (SSSR count). The number of fused-ring (bicyclic) bond motifs is 1. The van der Waals surface area contributed by atoms with Crippen LogP contribution in [0.3, 0.4) is 0 Å². The van der Waals surface area contributed by atoms with E-state index in [1.807, 2.05) is 13.0 Å². The molecule has 0 aliphatic carbocycles. The SMILES string of the molecule is CSc1ccc(C)cc1Br.Cc1ccc(S(C)(=O)=O)c(-c2nc3cc(F)cc(F)c3c(Nc3cncc(N4CCOCC4)c3)c2C)c1. The lowest BCUT2D eigenvalue weighted by Gasteiger charge is -2.28. The molecule has 0 saturated carbocycles. The highest BCUT2D eigenvalue weighted by Gasteiger charge is 2.23. The van der Waals surface area contributed by atoms with E-state index < -0.39 is 21.5 Å². The van der Waals surface area contributed by atoms with Gasteiger partial charge < -0.3 is 15.0 Å². The van der Waals surface area contributed by atoms with Crippen LogP contribution >= 0.6 is 27.7 Å². The second-order valence-electron chi connectivity index (χ2n) is 11.3. The molecule has 5 aromatic rings. The number of aryl methyl sites for hydroxylation is 2. The van der Waals surface area contributed by atoms with Crippen molar-refractivity contribution in [3.8, 4) is 11.3 Å². The third-order valence-electron chi connectivity index (χ3n) is 7.71. The van der Waals surface area contributed by atoms with E-state index in [1.54, 1.807) is 43.2 Å². The minimum atomic E-state index is -3.61. The maximum atomic E-state index is 15.2. The van der Waals surface area contributed by atoms with Crippen molar-refractivity contribution >= 4 is 65.5 Å². The van der Waals surface area contributed by atoms with Crippen LogP contribution < -0.4 is 10.2 Å². The zero-order valence-electron chi connectivity index (χ0n) is 26.7. The second kappa shape index (κ2) is 14.7. The standard InChI is InChI=1S/C27H26F2N4O3S.C8H9BrS/c1-16-4-5-24(37(3,34)35)21(10-16)26-17(2)27(25-22(29)11-18(28)12-23(25)32-26)31-19-13-20(15-30-14-19)33-6-8-36-9-7-33;1-6-3-4-8(10-2)7(9)5-6/h4-5,10-15H,6-9H2,1-3H3,(H,31,32);3-5H,1-2H3. The van der Waals surface area contributed by atoms with Gasteiger partial charge in [0.2, 0.25) is 0 Å². The van der Waals surface area contributed by atoms with E-state index >= 15 is 4.39 Å². The molecule has 3 aromatic carbocycles. The Morgan fingerprint density at radius 3 is 2.34 bits per heavy atom. The Hall–Kier alpha value is -3.58. The number of nitrogens with zero attached hydrogens (tertiary/aromatic N) is 3. The summed E-state index contributed by atoms with van der Waals surface area (Å²) in [6, 6.07) is 15.2. The van der Waals surface area contributed by atoms with E-state index in [0.29, 0.717) is 41.4 Å². The van der Waals surface area contributed by atoms with Crippen LogP contribution in [0.5, 0.6) is 0 Å². The predicted molar refractivity (Wildman–Crippen MR) is 191 cm³/mol. The second-order valence-corrected chi connectivity index (χ2v) is 15.0. The largest absolute Gasteiger partial charge is 0.378 e. The van der Waals surface area contributed by atoms with Gasteiger partial charge in [0, 0.05) is 46.4 Å². The summed E-state index contributed by atoms with van der Waals surface area (Å²) in [6.45, 7) is 8.35. The molecular formula is C35H35BrF2N4O3S2. The minimum Gasteiger partial charge on any atom is -0.378 e. The van der Waals surface area contributed by atoms with Crippen LogP contribution in [0.2, 0.25) is 0 Å². The molecule has 246 valence electrons. The molecule has 12 heteroatoms. The third kappa shape index (κ3) is 8.11. The Labute approximate surface area is 286 Å².